The molecule has 3 heterocycles. The molecule has 0 saturated heterocycles. The van der Waals surface area contributed by atoms with Crippen LogP contribution in [0, 0.1) is 13.8 Å². The summed E-state index contributed by atoms with van der Waals surface area (Å²) < 4.78 is 3.14. The van der Waals surface area contributed by atoms with E-state index in [0.717, 1.165) is 22.4 Å². The third-order valence-corrected chi connectivity index (χ3v) is 4.82. The molecule has 8 nitrogen and oxygen atoms in total. The first-order valence-electron chi connectivity index (χ1n) is 8.63. The molecular formula is C19H19N5O3. The third-order valence-electron chi connectivity index (χ3n) is 4.82. The highest BCUT2D eigenvalue weighted by Crippen LogP contribution is 2.39. The number of carboxylic acids is 1. The van der Waals surface area contributed by atoms with E-state index in [9.17, 15) is 9.59 Å². The summed E-state index contributed by atoms with van der Waals surface area (Å²) in [5.74, 6) is -0.930. The Morgan fingerprint density at radius 1 is 1.33 bits per heavy atom. The molecule has 0 aliphatic carbocycles. The van der Waals surface area contributed by atoms with Crippen LogP contribution in [0.2, 0.25) is 0 Å². The second-order valence-electron chi connectivity index (χ2n) is 6.71. The molecule has 0 saturated carbocycles. The average molecular weight is 365 g/mol. The maximum absolute atomic E-state index is 12.3. The number of nitrogens with one attached hydrogen (secondary N) is 1. The van der Waals surface area contributed by atoms with Gasteiger partial charge in [0.15, 0.2) is 0 Å². The summed E-state index contributed by atoms with van der Waals surface area (Å²) in [5, 5.41) is 20.7. The minimum absolute atomic E-state index is 0.164. The van der Waals surface area contributed by atoms with Crippen molar-refractivity contribution in [3.8, 4) is 5.69 Å². The number of amides is 1. The van der Waals surface area contributed by atoms with Crippen LogP contribution in [0.15, 0.2) is 36.7 Å². The van der Waals surface area contributed by atoms with Crippen LogP contribution >= 0.6 is 0 Å². The highest BCUT2D eigenvalue weighted by Gasteiger charge is 2.33. The van der Waals surface area contributed by atoms with Gasteiger partial charge in [0.1, 0.15) is 12.4 Å². The highest BCUT2D eigenvalue weighted by atomic mass is 16.4. The molecule has 0 radical (unpaired) electrons. The summed E-state index contributed by atoms with van der Waals surface area (Å²) in [5.41, 5.74) is 4.52. The number of hydrogen-bond acceptors (Lipinski definition) is 4. The maximum atomic E-state index is 12.3. The molecule has 1 aliphatic heterocycles. The fourth-order valence-electron chi connectivity index (χ4n) is 3.61. The van der Waals surface area contributed by atoms with Crippen LogP contribution in [0.5, 0.6) is 0 Å². The van der Waals surface area contributed by atoms with Crippen molar-refractivity contribution in [3.05, 3.63) is 59.0 Å². The van der Waals surface area contributed by atoms with E-state index in [1.165, 1.54) is 4.68 Å². The monoisotopic (exact) mass is 365 g/mol. The number of aliphatic carboxylic acids is 1. The van der Waals surface area contributed by atoms with E-state index in [1.54, 1.807) is 10.9 Å². The van der Waals surface area contributed by atoms with Crippen molar-refractivity contribution >= 4 is 17.7 Å². The minimum atomic E-state index is -1.01. The summed E-state index contributed by atoms with van der Waals surface area (Å²) in [6, 6.07) is 7.93. The van der Waals surface area contributed by atoms with E-state index in [1.807, 2.05) is 44.3 Å². The number of fused-ring (bicyclic) bond motifs is 1. The zero-order chi connectivity index (χ0) is 19.1. The summed E-state index contributed by atoms with van der Waals surface area (Å²) in [4.78, 5) is 23.4. The lowest BCUT2D eigenvalue weighted by atomic mass is 9.87. The zero-order valence-electron chi connectivity index (χ0n) is 15.0. The molecule has 138 valence electrons. The molecule has 3 aromatic rings. The lowest BCUT2D eigenvalue weighted by molar-refractivity contribution is -0.137. The Hall–Kier alpha value is -3.42. The molecule has 1 aliphatic rings. The Labute approximate surface area is 155 Å². The van der Waals surface area contributed by atoms with Crippen molar-refractivity contribution in [2.75, 3.05) is 5.32 Å². The van der Waals surface area contributed by atoms with Gasteiger partial charge in [-0.25, -0.2) is 9.36 Å². The van der Waals surface area contributed by atoms with Crippen molar-refractivity contribution in [2.45, 2.75) is 32.7 Å². The van der Waals surface area contributed by atoms with Crippen LogP contribution < -0.4 is 5.32 Å². The fraction of sp³-hybridized carbons (Fsp3) is 0.263. The lowest BCUT2D eigenvalue weighted by Gasteiger charge is -2.23. The van der Waals surface area contributed by atoms with Gasteiger partial charge in [0.25, 0.3) is 0 Å². The van der Waals surface area contributed by atoms with Gasteiger partial charge < -0.3 is 10.4 Å². The van der Waals surface area contributed by atoms with E-state index in [0.29, 0.717) is 11.5 Å². The van der Waals surface area contributed by atoms with Gasteiger partial charge in [-0.1, -0.05) is 18.2 Å². The molecule has 4 rings (SSSR count). The number of aryl methyl sites for hydroxylation is 2. The summed E-state index contributed by atoms with van der Waals surface area (Å²) in [7, 11) is 0. The predicted octanol–water partition coefficient (Wildman–Crippen LogP) is 2.24. The average Bonchev–Trinajstić information content (AvgIpc) is 3.20. The van der Waals surface area contributed by atoms with E-state index in [2.05, 4.69) is 15.5 Å². The number of anilines is 1. The van der Waals surface area contributed by atoms with Crippen LogP contribution in [-0.4, -0.2) is 36.5 Å². The quantitative estimate of drug-likeness (QED) is 0.738. The molecule has 0 bridgehead atoms. The van der Waals surface area contributed by atoms with Gasteiger partial charge in [-0.15, -0.1) is 0 Å². The Morgan fingerprint density at radius 3 is 2.85 bits per heavy atom. The molecule has 0 fully saturated rings. The number of para-hydroxylation sites is 1. The van der Waals surface area contributed by atoms with Crippen LogP contribution in [-0.2, 0) is 16.1 Å². The standard InChI is InChI=1S/C19H19N5O3/c1-11-5-3-4-6-15(11)23-9-13(8-20-23)14-7-16(25)21-19-18(14)12(2)22-24(19)10-17(26)27/h3-6,8-9,14H,7,10H2,1-2H3,(H,21,25)(H,26,27)/t14-/m0/s1. The SMILES string of the molecule is Cc1ccccc1-n1cc([C@@H]2CC(=O)Nc3c2c(C)nn3CC(=O)O)cn1. The number of carboxylic acid groups (broad SMARTS) is 1. The molecular weight excluding hydrogens is 346 g/mol. The predicted molar refractivity (Wildman–Crippen MR) is 98.0 cm³/mol. The largest absolute Gasteiger partial charge is 0.480 e. The number of rotatable bonds is 4. The normalized spacial score (nSPS) is 16.1. The molecule has 2 N–H and O–H groups in total. The van der Waals surface area contributed by atoms with Crippen molar-refractivity contribution in [2.24, 2.45) is 0 Å². The second-order valence-corrected chi connectivity index (χ2v) is 6.71. The number of aromatic nitrogens is 4. The van der Waals surface area contributed by atoms with Gasteiger partial charge in [0.2, 0.25) is 5.91 Å². The van der Waals surface area contributed by atoms with Gasteiger partial charge in [0, 0.05) is 24.1 Å². The van der Waals surface area contributed by atoms with Crippen LogP contribution in [0.3, 0.4) is 0 Å². The highest BCUT2D eigenvalue weighted by molar-refractivity contribution is 5.94. The number of carbonyl (C=O) groups excluding carboxylic acids is 1. The van der Waals surface area contributed by atoms with Gasteiger partial charge >= 0.3 is 5.97 Å². The maximum Gasteiger partial charge on any atom is 0.325 e. The van der Waals surface area contributed by atoms with Crippen LogP contribution in [0.25, 0.3) is 5.69 Å². The van der Waals surface area contributed by atoms with Gasteiger partial charge in [-0.05, 0) is 31.0 Å². The van der Waals surface area contributed by atoms with Crippen molar-refractivity contribution < 1.29 is 14.7 Å². The van der Waals surface area contributed by atoms with Crippen molar-refractivity contribution in [1.82, 2.24) is 19.6 Å². The summed E-state index contributed by atoms with van der Waals surface area (Å²) >= 11 is 0. The van der Waals surface area contributed by atoms with Crippen LogP contribution in [0.1, 0.15) is 34.7 Å². The molecule has 1 atom stereocenters. The first kappa shape index (κ1) is 17.0. The molecule has 8 heteroatoms. The first-order valence-corrected chi connectivity index (χ1v) is 8.63. The molecule has 27 heavy (non-hydrogen) atoms. The van der Waals surface area contributed by atoms with E-state index in [-0.39, 0.29) is 24.8 Å². The van der Waals surface area contributed by atoms with E-state index in [4.69, 9.17) is 5.11 Å². The summed E-state index contributed by atoms with van der Waals surface area (Å²) in [6.07, 6.45) is 3.95. The first-order chi connectivity index (χ1) is 12.9. The van der Waals surface area contributed by atoms with E-state index >= 15 is 0 Å². The molecule has 2 aromatic heterocycles. The molecule has 0 spiro atoms. The summed E-state index contributed by atoms with van der Waals surface area (Å²) in [6.45, 7) is 3.54. The number of benzene rings is 1. The number of carbonyl (C=O) groups is 2. The lowest BCUT2D eigenvalue weighted by Crippen LogP contribution is -2.25. The van der Waals surface area contributed by atoms with Crippen molar-refractivity contribution in [1.29, 1.82) is 0 Å². The fourth-order valence-corrected chi connectivity index (χ4v) is 3.61. The molecule has 1 amide bonds. The Morgan fingerprint density at radius 2 is 2.11 bits per heavy atom. The number of nitrogens with zero attached hydrogens (tertiary/aromatic N) is 4. The molecule has 1 aromatic carbocycles. The van der Waals surface area contributed by atoms with Crippen LogP contribution in [0.4, 0.5) is 5.82 Å². The third kappa shape index (κ3) is 2.99. The Balaban J connectivity index is 1.76. The minimum Gasteiger partial charge on any atom is -0.480 e. The number of hydrogen-bond donors (Lipinski definition) is 2. The zero-order valence-corrected chi connectivity index (χ0v) is 15.0. The van der Waals surface area contributed by atoms with Gasteiger partial charge in [-0.2, -0.15) is 10.2 Å². The Bertz CT molecular complexity index is 1050. The Kier molecular flexibility index (Phi) is 4.02. The van der Waals surface area contributed by atoms with Gasteiger partial charge in [0.05, 0.1) is 17.6 Å². The molecule has 0 unspecified atom stereocenters. The van der Waals surface area contributed by atoms with E-state index < -0.39 is 5.97 Å². The van der Waals surface area contributed by atoms with Crippen molar-refractivity contribution in [3.63, 3.8) is 0 Å². The smallest absolute Gasteiger partial charge is 0.325 e. The topological polar surface area (TPSA) is 102 Å². The van der Waals surface area contributed by atoms with Gasteiger partial charge in [-0.3, -0.25) is 9.59 Å². The second kappa shape index (κ2) is 6.39.